The van der Waals surface area contributed by atoms with Gasteiger partial charge in [0.15, 0.2) is 6.10 Å². The number of rotatable bonds is 44. The van der Waals surface area contributed by atoms with Gasteiger partial charge < -0.3 is 19.3 Å². The number of allylic oxidation sites excluding steroid dienone is 4. The van der Waals surface area contributed by atoms with Crippen LogP contribution in [0.4, 0.5) is 0 Å². The van der Waals surface area contributed by atoms with Crippen LogP contribution in [0, 0.1) is 0 Å². The predicted molar refractivity (Wildman–Crippen MR) is 235 cm³/mol. The Morgan fingerprint density at radius 3 is 1.21 bits per heavy atom. The summed E-state index contributed by atoms with van der Waals surface area (Å²) in [6.07, 6.45) is 50.4. The van der Waals surface area contributed by atoms with Crippen LogP contribution in [0.25, 0.3) is 0 Å². The van der Waals surface area contributed by atoms with Gasteiger partial charge in [-0.3, -0.25) is 14.1 Å². The fourth-order valence-corrected chi connectivity index (χ4v) is 7.30. The van der Waals surface area contributed by atoms with Gasteiger partial charge in [0.2, 0.25) is 0 Å². The van der Waals surface area contributed by atoms with E-state index in [1.807, 2.05) is 0 Å². The van der Waals surface area contributed by atoms with E-state index in [1.54, 1.807) is 0 Å². The van der Waals surface area contributed by atoms with Gasteiger partial charge in [-0.05, 0) is 44.9 Å². The predicted octanol–water partition coefficient (Wildman–Crippen LogP) is 14.7. The first-order valence-corrected chi connectivity index (χ1v) is 25.2. The average molecular weight is 813 g/mol. The van der Waals surface area contributed by atoms with E-state index in [1.165, 1.54) is 161 Å². The molecule has 0 aliphatic heterocycles. The second-order valence-electron chi connectivity index (χ2n) is 16.1. The zero-order valence-electron chi connectivity index (χ0n) is 36.5. The van der Waals surface area contributed by atoms with Gasteiger partial charge in [-0.1, -0.05) is 212 Å². The van der Waals surface area contributed by atoms with Gasteiger partial charge in [-0.15, -0.1) is 0 Å². The van der Waals surface area contributed by atoms with E-state index in [4.69, 9.17) is 19.3 Å². The van der Waals surface area contributed by atoms with Gasteiger partial charge >= 0.3 is 19.8 Å². The molecule has 0 heterocycles. The first-order valence-electron chi connectivity index (χ1n) is 23.6. The Labute approximate surface area is 345 Å². The highest BCUT2D eigenvalue weighted by Crippen LogP contribution is 2.36. The van der Waals surface area contributed by atoms with E-state index < -0.39 is 32.5 Å². The summed E-state index contributed by atoms with van der Waals surface area (Å²) < 4.78 is 26.5. The Morgan fingerprint density at radius 2 is 0.804 bits per heavy atom. The summed E-state index contributed by atoms with van der Waals surface area (Å²) in [4.78, 5) is 43.0. The van der Waals surface area contributed by atoms with Crippen LogP contribution in [-0.2, 0) is 28.2 Å². The molecule has 9 heteroatoms. The van der Waals surface area contributed by atoms with Crippen LogP contribution in [0.3, 0.4) is 0 Å². The van der Waals surface area contributed by atoms with Crippen LogP contribution >= 0.6 is 7.82 Å². The summed E-state index contributed by atoms with van der Waals surface area (Å²) in [5.74, 6) is -0.876. The lowest BCUT2D eigenvalue weighted by atomic mass is 10.0. The lowest BCUT2D eigenvalue weighted by Crippen LogP contribution is -2.29. The van der Waals surface area contributed by atoms with E-state index in [0.717, 1.165) is 51.4 Å². The lowest BCUT2D eigenvalue weighted by molar-refractivity contribution is -0.161. The third kappa shape index (κ3) is 45.2. The van der Waals surface area contributed by atoms with Crippen LogP contribution in [-0.4, -0.2) is 41.0 Å². The van der Waals surface area contributed by atoms with E-state index in [-0.39, 0.29) is 19.4 Å². The van der Waals surface area contributed by atoms with Gasteiger partial charge in [-0.25, -0.2) is 4.57 Å². The van der Waals surface area contributed by atoms with Crippen molar-refractivity contribution < 1.29 is 37.9 Å². The molecule has 0 spiro atoms. The minimum Gasteiger partial charge on any atom is -0.462 e. The summed E-state index contributed by atoms with van der Waals surface area (Å²) in [5.41, 5.74) is 0. The summed E-state index contributed by atoms with van der Waals surface area (Å²) in [5, 5.41) is 0. The molecule has 0 unspecified atom stereocenters. The number of ether oxygens (including phenoxy) is 2. The maximum Gasteiger partial charge on any atom is 0.469 e. The van der Waals surface area contributed by atoms with E-state index >= 15 is 0 Å². The lowest BCUT2D eigenvalue weighted by Gasteiger charge is -2.18. The molecule has 0 amide bonds. The molecule has 0 saturated carbocycles. The van der Waals surface area contributed by atoms with Crippen LogP contribution in [0.2, 0.25) is 0 Å². The molecule has 8 nitrogen and oxygen atoms in total. The quantitative estimate of drug-likeness (QED) is 0.0270. The number of phosphoric acid groups is 1. The van der Waals surface area contributed by atoms with Crippen molar-refractivity contribution in [3.8, 4) is 0 Å². The van der Waals surface area contributed by atoms with Crippen molar-refractivity contribution in [3.63, 3.8) is 0 Å². The maximum atomic E-state index is 12.4. The zero-order valence-corrected chi connectivity index (χ0v) is 37.4. The minimum absolute atomic E-state index is 0.210. The summed E-state index contributed by atoms with van der Waals surface area (Å²) in [6.45, 7) is 3.70. The van der Waals surface area contributed by atoms with Gasteiger partial charge in [0.05, 0.1) is 6.61 Å². The number of hydrogen-bond acceptors (Lipinski definition) is 6. The highest BCUT2D eigenvalue weighted by atomic mass is 31.2. The topological polar surface area (TPSA) is 119 Å². The first kappa shape index (κ1) is 54.5. The molecule has 0 fully saturated rings. The second-order valence-corrected chi connectivity index (χ2v) is 17.3. The molecule has 330 valence electrons. The maximum absolute atomic E-state index is 12.4. The number of hydrogen-bond donors (Lipinski definition) is 2. The van der Waals surface area contributed by atoms with Crippen LogP contribution in [0.1, 0.15) is 245 Å². The molecule has 0 rings (SSSR count). The fraction of sp³-hybridized carbons (Fsp3) is 0.872. The second kappa shape index (κ2) is 43.1. The summed E-state index contributed by atoms with van der Waals surface area (Å²) in [6, 6.07) is 0. The summed E-state index contributed by atoms with van der Waals surface area (Å²) >= 11 is 0. The molecule has 0 saturated heterocycles. The highest BCUT2D eigenvalue weighted by Gasteiger charge is 2.23. The number of carbonyl (C=O) groups is 2. The van der Waals surface area contributed by atoms with Crippen molar-refractivity contribution in [3.05, 3.63) is 24.3 Å². The van der Waals surface area contributed by atoms with Crippen molar-refractivity contribution in [1.29, 1.82) is 0 Å². The third-order valence-electron chi connectivity index (χ3n) is 10.5. The molecule has 0 aromatic heterocycles. The average Bonchev–Trinajstić information content (AvgIpc) is 3.17. The van der Waals surface area contributed by atoms with Crippen LogP contribution < -0.4 is 0 Å². The molecule has 0 aromatic carbocycles. The third-order valence-corrected chi connectivity index (χ3v) is 11.0. The zero-order chi connectivity index (χ0) is 41.1. The monoisotopic (exact) mass is 813 g/mol. The minimum atomic E-state index is -4.76. The molecule has 56 heavy (non-hydrogen) atoms. The Morgan fingerprint density at radius 1 is 0.464 bits per heavy atom. The van der Waals surface area contributed by atoms with Gasteiger partial charge in [0.25, 0.3) is 0 Å². The molecule has 0 bridgehead atoms. The first-order chi connectivity index (χ1) is 27.3. The molecule has 0 aromatic rings. The fourth-order valence-electron chi connectivity index (χ4n) is 6.93. The molecule has 2 N–H and O–H groups in total. The Balaban J connectivity index is 3.83. The molecular weight excluding hydrogens is 723 g/mol. The van der Waals surface area contributed by atoms with E-state index in [2.05, 4.69) is 42.7 Å². The largest absolute Gasteiger partial charge is 0.469 e. The van der Waals surface area contributed by atoms with Crippen LogP contribution in [0.15, 0.2) is 24.3 Å². The molecule has 1 atom stereocenters. The van der Waals surface area contributed by atoms with Gasteiger partial charge in [0.1, 0.15) is 6.61 Å². The standard InChI is InChI=1S/C47H89O8P/c1-3-5-7-9-11-13-15-17-19-21-23-25-27-29-31-33-35-37-39-41-46(48)53-43-45(44-54-56(50,51)52)55-47(49)42-40-38-36-34-32-30-28-26-24-22-20-18-16-14-12-10-8-6-4-2/h12,14,18,20,45H,3-11,13,15-17,19,21-44H2,1-2H3,(H2,50,51,52)/b14-12-,20-18-/t45-/m1/s1. The smallest absolute Gasteiger partial charge is 0.462 e. The van der Waals surface area contributed by atoms with Gasteiger partial charge in [-0.2, -0.15) is 0 Å². The van der Waals surface area contributed by atoms with Crippen molar-refractivity contribution in [2.45, 2.75) is 251 Å². The number of unbranched alkanes of at least 4 members (excludes halogenated alkanes) is 30. The number of esters is 2. The van der Waals surface area contributed by atoms with Gasteiger partial charge in [0, 0.05) is 12.8 Å². The van der Waals surface area contributed by atoms with E-state index in [0.29, 0.717) is 6.42 Å². The highest BCUT2D eigenvalue weighted by molar-refractivity contribution is 7.46. The normalized spacial score (nSPS) is 12.6. The van der Waals surface area contributed by atoms with Crippen molar-refractivity contribution in [1.82, 2.24) is 0 Å². The van der Waals surface area contributed by atoms with E-state index in [9.17, 15) is 14.2 Å². The molecular formula is C47H89O8P. The van der Waals surface area contributed by atoms with Crippen LogP contribution in [0.5, 0.6) is 0 Å². The summed E-state index contributed by atoms with van der Waals surface area (Å²) in [7, 11) is -4.76. The molecule has 0 radical (unpaired) electrons. The number of phosphoric ester groups is 1. The van der Waals surface area contributed by atoms with Crippen molar-refractivity contribution in [2.24, 2.45) is 0 Å². The van der Waals surface area contributed by atoms with Crippen molar-refractivity contribution >= 4 is 19.8 Å². The van der Waals surface area contributed by atoms with Crippen molar-refractivity contribution in [2.75, 3.05) is 13.2 Å². The molecule has 0 aliphatic rings. The SMILES string of the molecule is CCCCC/C=C\C/C=C\CCCCCCCCCCCC(=O)O[C@H](COC(=O)CCCCCCCCCCCCCCCCCCCCC)COP(=O)(O)O. The number of carbonyl (C=O) groups excluding carboxylic acids is 2. The Bertz CT molecular complexity index is 962. The molecule has 0 aliphatic carbocycles. The Hall–Kier alpha value is -1.47. The Kier molecular flexibility index (Phi) is 42.0.